The lowest BCUT2D eigenvalue weighted by Gasteiger charge is -2.09. The molecule has 1 aromatic heterocycles. The Hall–Kier alpha value is -1.48. The fourth-order valence-electron chi connectivity index (χ4n) is 1.66. The molecule has 1 N–H and O–H groups in total. The van der Waals surface area contributed by atoms with Crippen molar-refractivity contribution in [3.63, 3.8) is 0 Å². The lowest BCUT2D eigenvalue weighted by Crippen LogP contribution is -2.05. The third kappa shape index (κ3) is 1.97. The van der Waals surface area contributed by atoms with Gasteiger partial charge in [-0.05, 0) is 25.1 Å². The number of ether oxygens (including phenoxy) is 2. The van der Waals surface area contributed by atoms with E-state index in [4.69, 9.17) is 9.47 Å². The van der Waals surface area contributed by atoms with Gasteiger partial charge in [0.1, 0.15) is 12.4 Å². The van der Waals surface area contributed by atoms with Crippen LogP contribution >= 0.6 is 0 Å². The molecule has 0 radical (unpaired) electrons. The molecule has 0 bridgehead atoms. The fourth-order valence-corrected chi connectivity index (χ4v) is 1.66. The van der Waals surface area contributed by atoms with E-state index in [0.29, 0.717) is 13.2 Å². The van der Waals surface area contributed by atoms with E-state index in [2.05, 4.69) is 18.0 Å². The van der Waals surface area contributed by atoms with Crippen molar-refractivity contribution < 1.29 is 9.47 Å². The van der Waals surface area contributed by atoms with Crippen LogP contribution in [0.15, 0.2) is 24.4 Å². The lowest BCUT2D eigenvalue weighted by molar-refractivity contribution is 0.146. The maximum atomic E-state index is 5.62. The van der Waals surface area contributed by atoms with Gasteiger partial charge in [0, 0.05) is 29.8 Å². The molecule has 0 amide bonds. The molecule has 15 heavy (non-hydrogen) atoms. The zero-order valence-corrected chi connectivity index (χ0v) is 9.04. The highest BCUT2D eigenvalue weighted by Crippen LogP contribution is 2.26. The molecule has 0 fully saturated rings. The zero-order chi connectivity index (χ0) is 10.7. The molecule has 2 aromatic rings. The van der Waals surface area contributed by atoms with Crippen molar-refractivity contribution in [3.8, 4) is 5.75 Å². The van der Waals surface area contributed by atoms with E-state index in [1.807, 2.05) is 18.3 Å². The summed E-state index contributed by atoms with van der Waals surface area (Å²) in [5.74, 6) is 0.930. The van der Waals surface area contributed by atoms with Gasteiger partial charge in [-0.25, -0.2) is 0 Å². The summed E-state index contributed by atoms with van der Waals surface area (Å²) in [5, 5.41) is 1.21. The van der Waals surface area contributed by atoms with Crippen LogP contribution in [0.25, 0.3) is 10.9 Å². The minimum Gasteiger partial charge on any atom is -0.491 e. The number of methoxy groups -OCH3 is 1. The molecule has 0 aliphatic heterocycles. The molecule has 0 atom stereocenters. The predicted molar refractivity (Wildman–Crippen MR) is 60.4 cm³/mol. The molecule has 3 heteroatoms. The van der Waals surface area contributed by atoms with Crippen LogP contribution in [0, 0.1) is 6.92 Å². The molecule has 0 unspecified atom stereocenters. The van der Waals surface area contributed by atoms with Gasteiger partial charge in [0.2, 0.25) is 0 Å². The first-order valence-electron chi connectivity index (χ1n) is 5.01. The number of hydrogen-bond acceptors (Lipinski definition) is 2. The van der Waals surface area contributed by atoms with E-state index in [-0.39, 0.29) is 0 Å². The standard InChI is InChI=1S/C12H15NO2/c1-9-10-5-6-13-11(10)3-4-12(9)15-8-7-14-2/h3-6,13H,7-8H2,1-2H3. The van der Waals surface area contributed by atoms with E-state index < -0.39 is 0 Å². The van der Waals surface area contributed by atoms with Crippen LogP contribution in [0.1, 0.15) is 5.56 Å². The van der Waals surface area contributed by atoms with Crippen LogP contribution in [-0.2, 0) is 4.74 Å². The number of benzene rings is 1. The first-order valence-corrected chi connectivity index (χ1v) is 5.01. The Morgan fingerprint density at radius 2 is 2.07 bits per heavy atom. The average molecular weight is 205 g/mol. The Balaban J connectivity index is 2.23. The molecule has 80 valence electrons. The van der Waals surface area contributed by atoms with Crippen LogP contribution in [-0.4, -0.2) is 25.3 Å². The topological polar surface area (TPSA) is 34.2 Å². The highest BCUT2D eigenvalue weighted by Gasteiger charge is 2.04. The Labute approximate surface area is 89.0 Å². The third-order valence-corrected chi connectivity index (χ3v) is 2.50. The second kappa shape index (κ2) is 4.36. The van der Waals surface area contributed by atoms with Crippen LogP contribution < -0.4 is 4.74 Å². The number of fused-ring (bicyclic) bond motifs is 1. The Morgan fingerprint density at radius 3 is 2.87 bits per heavy atom. The fraction of sp³-hybridized carbons (Fsp3) is 0.333. The van der Waals surface area contributed by atoms with Crippen molar-refractivity contribution in [1.82, 2.24) is 4.98 Å². The summed E-state index contributed by atoms with van der Waals surface area (Å²) >= 11 is 0. The summed E-state index contributed by atoms with van der Waals surface area (Å²) < 4.78 is 10.6. The van der Waals surface area contributed by atoms with Crippen LogP contribution in [0.2, 0.25) is 0 Å². The number of nitrogens with one attached hydrogen (secondary N) is 1. The molecule has 0 aliphatic carbocycles. The largest absolute Gasteiger partial charge is 0.491 e. The van der Waals surface area contributed by atoms with Gasteiger partial charge in [-0.1, -0.05) is 0 Å². The van der Waals surface area contributed by atoms with E-state index in [0.717, 1.165) is 11.3 Å². The minimum absolute atomic E-state index is 0.591. The smallest absolute Gasteiger partial charge is 0.123 e. The van der Waals surface area contributed by atoms with E-state index >= 15 is 0 Å². The summed E-state index contributed by atoms with van der Waals surface area (Å²) in [6, 6.07) is 6.09. The summed E-state index contributed by atoms with van der Waals surface area (Å²) in [6.07, 6.45) is 1.94. The molecule has 1 aromatic carbocycles. The van der Waals surface area contributed by atoms with E-state index in [9.17, 15) is 0 Å². The number of aromatic amines is 1. The molecule has 0 spiro atoms. The van der Waals surface area contributed by atoms with E-state index in [1.165, 1.54) is 10.9 Å². The van der Waals surface area contributed by atoms with Gasteiger partial charge in [0.05, 0.1) is 6.61 Å². The van der Waals surface area contributed by atoms with Gasteiger partial charge >= 0.3 is 0 Å². The molecule has 0 saturated carbocycles. The van der Waals surface area contributed by atoms with Crippen molar-refractivity contribution in [2.75, 3.05) is 20.3 Å². The van der Waals surface area contributed by atoms with Gasteiger partial charge < -0.3 is 14.5 Å². The molecular weight excluding hydrogens is 190 g/mol. The SMILES string of the molecule is COCCOc1ccc2[nH]ccc2c1C. The molecule has 3 nitrogen and oxygen atoms in total. The number of H-pyrrole nitrogens is 1. The monoisotopic (exact) mass is 205 g/mol. The second-order valence-electron chi connectivity index (χ2n) is 3.47. The quantitative estimate of drug-likeness (QED) is 0.778. The predicted octanol–water partition coefficient (Wildman–Crippen LogP) is 2.50. The summed E-state index contributed by atoms with van der Waals surface area (Å²) in [6.45, 7) is 3.27. The Bertz CT molecular complexity index is 448. The summed E-state index contributed by atoms with van der Waals surface area (Å²) in [5.41, 5.74) is 2.32. The first kappa shape index (κ1) is 10.1. The number of aryl methyl sites for hydroxylation is 1. The second-order valence-corrected chi connectivity index (χ2v) is 3.47. The first-order chi connectivity index (χ1) is 7.33. The third-order valence-electron chi connectivity index (χ3n) is 2.50. The minimum atomic E-state index is 0.591. The van der Waals surface area contributed by atoms with Gasteiger partial charge in [0.25, 0.3) is 0 Å². The lowest BCUT2D eigenvalue weighted by atomic mass is 10.1. The summed E-state index contributed by atoms with van der Waals surface area (Å²) in [7, 11) is 1.67. The van der Waals surface area contributed by atoms with E-state index in [1.54, 1.807) is 7.11 Å². The van der Waals surface area contributed by atoms with Crippen LogP contribution in [0.4, 0.5) is 0 Å². The summed E-state index contributed by atoms with van der Waals surface area (Å²) in [4.78, 5) is 3.17. The highest BCUT2D eigenvalue weighted by atomic mass is 16.5. The molecule has 1 heterocycles. The van der Waals surface area contributed by atoms with Crippen LogP contribution in [0.5, 0.6) is 5.75 Å². The van der Waals surface area contributed by atoms with Gasteiger partial charge in [-0.3, -0.25) is 0 Å². The van der Waals surface area contributed by atoms with Crippen LogP contribution in [0.3, 0.4) is 0 Å². The number of rotatable bonds is 4. The van der Waals surface area contributed by atoms with Gasteiger partial charge in [-0.2, -0.15) is 0 Å². The Morgan fingerprint density at radius 1 is 1.20 bits per heavy atom. The van der Waals surface area contributed by atoms with Gasteiger partial charge in [-0.15, -0.1) is 0 Å². The number of aromatic nitrogens is 1. The van der Waals surface area contributed by atoms with Crippen molar-refractivity contribution >= 4 is 10.9 Å². The van der Waals surface area contributed by atoms with Crippen molar-refractivity contribution in [2.24, 2.45) is 0 Å². The maximum Gasteiger partial charge on any atom is 0.123 e. The molecule has 0 saturated heterocycles. The Kier molecular flexibility index (Phi) is 2.92. The highest BCUT2D eigenvalue weighted by molar-refractivity contribution is 5.84. The molecule has 0 aliphatic rings. The van der Waals surface area contributed by atoms with Crippen molar-refractivity contribution in [2.45, 2.75) is 6.92 Å². The molecular formula is C12H15NO2. The van der Waals surface area contributed by atoms with Crippen molar-refractivity contribution in [1.29, 1.82) is 0 Å². The maximum absolute atomic E-state index is 5.62. The van der Waals surface area contributed by atoms with Gasteiger partial charge in [0.15, 0.2) is 0 Å². The molecule has 2 rings (SSSR count). The zero-order valence-electron chi connectivity index (χ0n) is 9.04. The average Bonchev–Trinajstić information content (AvgIpc) is 2.70. The normalized spacial score (nSPS) is 10.8. The van der Waals surface area contributed by atoms with Crippen molar-refractivity contribution in [3.05, 3.63) is 30.0 Å². The number of hydrogen-bond donors (Lipinski definition) is 1.